The van der Waals surface area contributed by atoms with Crippen LogP contribution in [-0.4, -0.2) is 25.4 Å². The Morgan fingerprint density at radius 2 is 1.69 bits per heavy atom. The van der Waals surface area contributed by atoms with Gasteiger partial charge in [-0.05, 0) is 35.6 Å². The van der Waals surface area contributed by atoms with Crippen LogP contribution in [0, 0.1) is 0 Å². The quantitative estimate of drug-likeness (QED) is 0.719. The molecule has 1 aromatic heterocycles. The fourth-order valence-corrected chi connectivity index (χ4v) is 3.39. The molecule has 3 aromatic rings. The van der Waals surface area contributed by atoms with Gasteiger partial charge in [-0.15, -0.1) is 11.3 Å². The lowest BCUT2D eigenvalue weighted by Gasteiger charge is -2.20. The molecule has 26 heavy (non-hydrogen) atoms. The van der Waals surface area contributed by atoms with E-state index in [1.54, 1.807) is 31.3 Å². The molecule has 2 amide bonds. The summed E-state index contributed by atoms with van der Waals surface area (Å²) in [6.45, 7) is 0.541. The number of nitrogens with one attached hydrogen (secondary N) is 1. The standard InChI is InChI=1S/C21H20N2O2S/c1-23(21(25)19-12-7-15-26-19)18-11-6-5-10-17(18)20(24)22-14-13-16-8-3-2-4-9-16/h2-12,15H,13-14H2,1H3,(H,22,24). The van der Waals surface area contributed by atoms with Crippen LogP contribution in [0.1, 0.15) is 25.6 Å². The van der Waals surface area contributed by atoms with Crippen LogP contribution in [-0.2, 0) is 6.42 Å². The first kappa shape index (κ1) is 17.9. The van der Waals surface area contributed by atoms with Crippen molar-refractivity contribution < 1.29 is 9.59 Å². The third-order valence-electron chi connectivity index (χ3n) is 4.09. The van der Waals surface area contributed by atoms with Gasteiger partial charge in [-0.3, -0.25) is 9.59 Å². The van der Waals surface area contributed by atoms with Gasteiger partial charge in [0.2, 0.25) is 0 Å². The van der Waals surface area contributed by atoms with E-state index in [-0.39, 0.29) is 11.8 Å². The molecule has 1 N–H and O–H groups in total. The molecule has 0 atom stereocenters. The summed E-state index contributed by atoms with van der Waals surface area (Å²) < 4.78 is 0. The third-order valence-corrected chi connectivity index (χ3v) is 4.95. The molecule has 5 heteroatoms. The fourth-order valence-electron chi connectivity index (χ4n) is 2.69. The molecule has 132 valence electrons. The Labute approximate surface area is 157 Å². The zero-order chi connectivity index (χ0) is 18.4. The second-order valence-electron chi connectivity index (χ2n) is 5.85. The van der Waals surface area contributed by atoms with Crippen molar-refractivity contribution in [3.63, 3.8) is 0 Å². The smallest absolute Gasteiger partial charge is 0.268 e. The Balaban J connectivity index is 1.70. The maximum atomic E-state index is 12.6. The van der Waals surface area contributed by atoms with Gasteiger partial charge in [0.25, 0.3) is 11.8 Å². The lowest BCUT2D eigenvalue weighted by Crippen LogP contribution is -2.31. The number of thiophene rings is 1. The zero-order valence-electron chi connectivity index (χ0n) is 14.5. The number of rotatable bonds is 6. The van der Waals surface area contributed by atoms with Crippen molar-refractivity contribution in [2.75, 3.05) is 18.5 Å². The van der Waals surface area contributed by atoms with E-state index in [0.29, 0.717) is 22.7 Å². The molecule has 0 bridgehead atoms. The van der Waals surface area contributed by atoms with E-state index in [4.69, 9.17) is 0 Å². The largest absolute Gasteiger partial charge is 0.352 e. The molecule has 0 aliphatic heterocycles. The maximum absolute atomic E-state index is 12.6. The molecule has 0 saturated heterocycles. The van der Waals surface area contributed by atoms with Crippen molar-refractivity contribution in [2.45, 2.75) is 6.42 Å². The van der Waals surface area contributed by atoms with E-state index in [2.05, 4.69) is 5.32 Å². The van der Waals surface area contributed by atoms with Crippen LogP contribution in [0.5, 0.6) is 0 Å². The van der Waals surface area contributed by atoms with Gasteiger partial charge in [-0.1, -0.05) is 48.5 Å². The highest BCUT2D eigenvalue weighted by atomic mass is 32.1. The molecule has 0 fully saturated rings. The minimum atomic E-state index is -0.178. The molecule has 4 nitrogen and oxygen atoms in total. The van der Waals surface area contributed by atoms with Crippen molar-refractivity contribution in [2.24, 2.45) is 0 Å². The van der Waals surface area contributed by atoms with Gasteiger partial charge in [0, 0.05) is 13.6 Å². The maximum Gasteiger partial charge on any atom is 0.268 e. The summed E-state index contributed by atoms with van der Waals surface area (Å²) in [6.07, 6.45) is 0.763. The molecule has 0 spiro atoms. The Hall–Kier alpha value is -2.92. The number of nitrogens with zero attached hydrogens (tertiary/aromatic N) is 1. The molecular weight excluding hydrogens is 344 g/mol. The van der Waals surface area contributed by atoms with E-state index in [1.165, 1.54) is 21.8 Å². The fraction of sp³-hybridized carbons (Fsp3) is 0.143. The topological polar surface area (TPSA) is 49.4 Å². The molecule has 0 unspecified atom stereocenters. The first-order valence-electron chi connectivity index (χ1n) is 8.39. The molecule has 0 aliphatic rings. The zero-order valence-corrected chi connectivity index (χ0v) is 15.3. The summed E-state index contributed by atoms with van der Waals surface area (Å²) in [7, 11) is 1.69. The van der Waals surface area contributed by atoms with Crippen molar-refractivity contribution in [3.05, 3.63) is 88.1 Å². The van der Waals surface area contributed by atoms with Crippen LogP contribution in [0.15, 0.2) is 72.1 Å². The average Bonchev–Trinajstić information content (AvgIpc) is 3.22. The van der Waals surface area contributed by atoms with Gasteiger partial charge in [0.1, 0.15) is 0 Å². The van der Waals surface area contributed by atoms with Crippen LogP contribution >= 0.6 is 11.3 Å². The lowest BCUT2D eigenvalue weighted by molar-refractivity contribution is 0.0954. The summed E-state index contributed by atoms with van der Waals surface area (Å²) in [4.78, 5) is 27.4. The van der Waals surface area contributed by atoms with Crippen molar-refractivity contribution >= 4 is 28.8 Å². The van der Waals surface area contributed by atoms with Crippen LogP contribution in [0.3, 0.4) is 0 Å². The van der Waals surface area contributed by atoms with Gasteiger partial charge in [0.15, 0.2) is 0 Å². The first-order valence-corrected chi connectivity index (χ1v) is 9.27. The predicted molar refractivity (Wildman–Crippen MR) is 106 cm³/mol. The second-order valence-corrected chi connectivity index (χ2v) is 6.80. The number of carbonyl (C=O) groups excluding carboxylic acids is 2. The van der Waals surface area contributed by atoms with E-state index in [0.717, 1.165) is 6.42 Å². The molecule has 0 saturated carbocycles. The highest BCUT2D eigenvalue weighted by molar-refractivity contribution is 7.12. The van der Waals surface area contributed by atoms with E-state index >= 15 is 0 Å². The van der Waals surface area contributed by atoms with Crippen molar-refractivity contribution in [1.29, 1.82) is 0 Å². The lowest BCUT2D eigenvalue weighted by atomic mass is 10.1. The van der Waals surface area contributed by atoms with Crippen LogP contribution in [0.2, 0.25) is 0 Å². The Morgan fingerprint density at radius 1 is 0.962 bits per heavy atom. The predicted octanol–water partition coefficient (Wildman–Crippen LogP) is 4.00. The molecule has 0 radical (unpaired) electrons. The Kier molecular flexibility index (Phi) is 5.81. The summed E-state index contributed by atoms with van der Waals surface area (Å²) in [5.74, 6) is -0.299. The first-order chi connectivity index (χ1) is 12.7. The van der Waals surface area contributed by atoms with Gasteiger partial charge < -0.3 is 10.2 Å². The van der Waals surface area contributed by atoms with Gasteiger partial charge in [0.05, 0.1) is 16.1 Å². The number of amides is 2. The Morgan fingerprint density at radius 3 is 2.42 bits per heavy atom. The van der Waals surface area contributed by atoms with Crippen LogP contribution < -0.4 is 10.2 Å². The number of carbonyl (C=O) groups is 2. The summed E-state index contributed by atoms with van der Waals surface area (Å²) >= 11 is 1.39. The number of para-hydroxylation sites is 1. The molecule has 3 rings (SSSR count). The molecular formula is C21H20N2O2S. The van der Waals surface area contributed by atoms with Crippen LogP contribution in [0.25, 0.3) is 0 Å². The van der Waals surface area contributed by atoms with E-state index in [9.17, 15) is 9.59 Å². The number of anilines is 1. The Bertz CT molecular complexity index is 876. The second kappa shape index (κ2) is 8.45. The summed E-state index contributed by atoms with van der Waals surface area (Å²) in [5, 5.41) is 4.81. The minimum absolute atomic E-state index is 0.121. The van der Waals surface area contributed by atoms with Crippen molar-refractivity contribution in [3.8, 4) is 0 Å². The number of benzene rings is 2. The monoisotopic (exact) mass is 364 g/mol. The minimum Gasteiger partial charge on any atom is -0.352 e. The summed E-state index contributed by atoms with van der Waals surface area (Å²) in [5.41, 5.74) is 2.27. The molecule has 0 aliphatic carbocycles. The van der Waals surface area contributed by atoms with E-state index in [1.807, 2.05) is 47.8 Å². The highest BCUT2D eigenvalue weighted by Crippen LogP contribution is 2.22. The highest BCUT2D eigenvalue weighted by Gasteiger charge is 2.19. The number of hydrogen-bond donors (Lipinski definition) is 1. The van der Waals surface area contributed by atoms with Gasteiger partial charge in [-0.25, -0.2) is 0 Å². The van der Waals surface area contributed by atoms with E-state index < -0.39 is 0 Å². The van der Waals surface area contributed by atoms with Gasteiger partial charge >= 0.3 is 0 Å². The van der Waals surface area contributed by atoms with Crippen molar-refractivity contribution in [1.82, 2.24) is 5.32 Å². The average molecular weight is 364 g/mol. The van der Waals surface area contributed by atoms with Crippen LogP contribution in [0.4, 0.5) is 5.69 Å². The normalized spacial score (nSPS) is 10.3. The summed E-state index contributed by atoms with van der Waals surface area (Å²) in [6, 6.07) is 20.8. The van der Waals surface area contributed by atoms with Gasteiger partial charge in [-0.2, -0.15) is 0 Å². The molecule has 2 aromatic carbocycles. The SMILES string of the molecule is CN(C(=O)c1cccs1)c1ccccc1C(=O)NCCc1ccccc1. The molecule has 1 heterocycles. The number of hydrogen-bond acceptors (Lipinski definition) is 3. The third kappa shape index (κ3) is 4.18.